The average molecular weight is 295 g/mol. The first-order valence-electron chi connectivity index (χ1n) is 6.89. The molecule has 0 aliphatic heterocycles. The van der Waals surface area contributed by atoms with E-state index in [9.17, 15) is 14.9 Å². The summed E-state index contributed by atoms with van der Waals surface area (Å²) in [7, 11) is 1.64. The summed E-state index contributed by atoms with van der Waals surface area (Å²) in [6, 6.07) is 4.44. The highest BCUT2D eigenvalue weighted by atomic mass is 16.6. The summed E-state index contributed by atoms with van der Waals surface area (Å²) in [5, 5.41) is 16.7. The number of methoxy groups -OCH3 is 1. The van der Waals surface area contributed by atoms with Crippen LogP contribution in [0.2, 0.25) is 0 Å². The molecule has 0 bridgehead atoms. The number of benzene rings is 1. The SMILES string of the molecule is CCNC(=O)c1ccc(NCCCCOC)c([N+](=O)[O-])c1. The molecule has 1 aromatic carbocycles. The van der Waals surface area contributed by atoms with Crippen molar-refractivity contribution < 1.29 is 14.5 Å². The van der Waals surface area contributed by atoms with Gasteiger partial charge in [-0.2, -0.15) is 0 Å². The van der Waals surface area contributed by atoms with Gasteiger partial charge in [0.1, 0.15) is 5.69 Å². The van der Waals surface area contributed by atoms with Crippen molar-refractivity contribution >= 4 is 17.3 Å². The van der Waals surface area contributed by atoms with Crippen LogP contribution in [0.25, 0.3) is 0 Å². The molecule has 0 saturated carbocycles. The Morgan fingerprint density at radius 2 is 2.14 bits per heavy atom. The second kappa shape index (κ2) is 8.91. The smallest absolute Gasteiger partial charge is 0.293 e. The van der Waals surface area contributed by atoms with Crippen molar-refractivity contribution in [1.82, 2.24) is 5.32 Å². The molecule has 21 heavy (non-hydrogen) atoms. The minimum Gasteiger partial charge on any atom is -0.385 e. The Bertz CT molecular complexity index is 491. The molecule has 0 heterocycles. The van der Waals surface area contributed by atoms with E-state index in [0.29, 0.717) is 25.4 Å². The fraction of sp³-hybridized carbons (Fsp3) is 0.500. The van der Waals surface area contributed by atoms with E-state index in [1.807, 2.05) is 0 Å². The minimum atomic E-state index is -0.486. The topological polar surface area (TPSA) is 93.5 Å². The molecule has 0 atom stereocenters. The van der Waals surface area contributed by atoms with E-state index >= 15 is 0 Å². The van der Waals surface area contributed by atoms with Crippen molar-refractivity contribution in [2.24, 2.45) is 0 Å². The second-order valence-electron chi connectivity index (χ2n) is 4.48. The second-order valence-corrected chi connectivity index (χ2v) is 4.48. The lowest BCUT2D eigenvalue weighted by atomic mass is 10.1. The minimum absolute atomic E-state index is 0.0921. The number of nitrogens with zero attached hydrogens (tertiary/aromatic N) is 1. The zero-order valence-electron chi connectivity index (χ0n) is 12.3. The van der Waals surface area contributed by atoms with Gasteiger partial charge in [-0.1, -0.05) is 0 Å². The first kappa shape index (κ1) is 16.9. The molecule has 0 aromatic heterocycles. The van der Waals surface area contributed by atoms with Crippen molar-refractivity contribution in [2.45, 2.75) is 19.8 Å². The summed E-state index contributed by atoms with van der Waals surface area (Å²) in [5.41, 5.74) is 0.615. The maximum Gasteiger partial charge on any atom is 0.293 e. The van der Waals surface area contributed by atoms with E-state index in [2.05, 4.69) is 10.6 Å². The van der Waals surface area contributed by atoms with Crippen molar-refractivity contribution in [1.29, 1.82) is 0 Å². The highest BCUT2D eigenvalue weighted by Crippen LogP contribution is 2.25. The van der Waals surface area contributed by atoms with Crippen LogP contribution in [0.5, 0.6) is 0 Å². The van der Waals surface area contributed by atoms with Crippen molar-refractivity contribution in [3.63, 3.8) is 0 Å². The highest BCUT2D eigenvalue weighted by molar-refractivity contribution is 5.95. The Kier molecular flexibility index (Phi) is 7.17. The predicted molar refractivity (Wildman–Crippen MR) is 80.7 cm³/mol. The first-order chi connectivity index (χ1) is 10.1. The fourth-order valence-electron chi connectivity index (χ4n) is 1.83. The number of nitro groups is 1. The molecular weight excluding hydrogens is 274 g/mol. The van der Waals surface area contributed by atoms with Crippen LogP contribution in [0.15, 0.2) is 18.2 Å². The fourth-order valence-corrected chi connectivity index (χ4v) is 1.83. The number of hydrogen-bond donors (Lipinski definition) is 2. The van der Waals surface area contributed by atoms with Gasteiger partial charge in [0.25, 0.3) is 11.6 Å². The largest absolute Gasteiger partial charge is 0.385 e. The molecule has 0 unspecified atom stereocenters. The van der Waals surface area contributed by atoms with Gasteiger partial charge in [-0.25, -0.2) is 0 Å². The van der Waals surface area contributed by atoms with Crippen LogP contribution in [0, 0.1) is 10.1 Å². The zero-order chi connectivity index (χ0) is 15.7. The number of carbonyl (C=O) groups excluding carboxylic acids is 1. The van der Waals surface area contributed by atoms with Gasteiger partial charge in [-0.05, 0) is 31.9 Å². The molecule has 7 nitrogen and oxygen atoms in total. The van der Waals surface area contributed by atoms with Gasteiger partial charge in [0, 0.05) is 38.4 Å². The summed E-state index contributed by atoms with van der Waals surface area (Å²) < 4.78 is 4.94. The van der Waals surface area contributed by atoms with E-state index in [1.54, 1.807) is 26.2 Å². The molecule has 0 saturated heterocycles. The Labute approximate surface area is 123 Å². The third kappa shape index (κ3) is 5.39. The summed E-state index contributed by atoms with van der Waals surface area (Å²) >= 11 is 0. The molecular formula is C14H21N3O4. The summed E-state index contributed by atoms with van der Waals surface area (Å²) in [6.07, 6.45) is 1.73. The quantitative estimate of drug-likeness (QED) is 0.414. The number of anilines is 1. The van der Waals surface area contributed by atoms with Crippen LogP contribution in [-0.2, 0) is 4.74 Å². The van der Waals surface area contributed by atoms with E-state index in [4.69, 9.17) is 4.74 Å². The van der Waals surface area contributed by atoms with Gasteiger partial charge >= 0.3 is 0 Å². The van der Waals surface area contributed by atoms with Crippen molar-refractivity contribution in [3.8, 4) is 0 Å². The molecule has 2 N–H and O–H groups in total. The number of unbranched alkanes of at least 4 members (excludes halogenated alkanes) is 1. The van der Waals surface area contributed by atoms with Gasteiger partial charge in [0.2, 0.25) is 0 Å². The Morgan fingerprint density at radius 1 is 1.38 bits per heavy atom. The standard InChI is InChI=1S/C14H21N3O4/c1-3-15-14(18)11-6-7-12(13(10-11)17(19)20)16-8-4-5-9-21-2/h6-7,10,16H,3-5,8-9H2,1-2H3,(H,15,18). The summed E-state index contributed by atoms with van der Waals surface area (Å²) in [5.74, 6) is -0.313. The molecule has 0 aliphatic carbocycles. The molecule has 0 aliphatic rings. The lowest BCUT2D eigenvalue weighted by Gasteiger charge is -2.08. The average Bonchev–Trinajstić information content (AvgIpc) is 2.47. The van der Waals surface area contributed by atoms with Crippen LogP contribution in [0.4, 0.5) is 11.4 Å². The number of nitrogens with one attached hydrogen (secondary N) is 2. The van der Waals surface area contributed by atoms with Gasteiger partial charge in [-0.3, -0.25) is 14.9 Å². The van der Waals surface area contributed by atoms with Crippen LogP contribution < -0.4 is 10.6 Å². The lowest BCUT2D eigenvalue weighted by Crippen LogP contribution is -2.22. The number of amides is 1. The maximum absolute atomic E-state index is 11.7. The zero-order valence-corrected chi connectivity index (χ0v) is 12.3. The lowest BCUT2D eigenvalue weighted by molar-refractivity contribution is -0.384. The molecule has 1 aromatic rings. The summed E-state index contributed by atoms with van der Waals surface area (Å²) in [6.45, 7) is 3.55. The third-order valence-corrected chi connectivity index (χ3v) is 2.88. The molecule has 0 spiro atoms. The Morgan fingerprint density at radius 3 is 2.76 bits per heavy atom. The summed E-state index contributed by atoms with van der Waals surface area (Å²) in [4.78, 5) is 22.3. The van der Waals surface area contributed by atoms with Crippen molar-refractivity contribution in [3.05, 3.63) is 33.9 Å². The predicted octanol–water partition coefficient (Wildman–Crippen LogP) is 2.18. The van der Waals surface area contributed by atoms with E-state index in [1.165, 1.54) is 6.07 Å². The van der Waals surface area contributed by atoms with Crippen LogP contribution in [0.3, 0.4) is 0 Å². The van der Waals surface area contributed by atoms with Crippen LogP contribution in [-0.4, -0.2) is 37.6 Å². The Balaban J connectivity index is 2.75. The molecule has 1 rings (SSSR count). The van der Waals surface area contributed by atoms with E-state index < -0.39 is 4.92 Å². The van der Waals surface area contributed by atoms with E-state index in [0.717, 1.165) is 12.8 Å². The first-order valence-corrected chi connectivity index (χ1v) is 6.89. The Hall–Kier alpha value is -2.15. The number of ether oxygens (including phenoxy) is 1. The van der Waals surface area contributed by atoms with Crippen LogP contribution in [0.1, 0.15) is 30.1 Å². The maximum atomic E-state index is 11.7. The molecule has 7 heteroatoms. The van der Waals surface area contributed by atoms with Gasteiger partial charge in [-0.15, -0.1) is 0 Å². The third-order valence-electron chi connectivity index (χ3n) is 2.88. The van der Waals surface area contributed by atoms with Gasteiger partial charge in [0.15, 0.2) is 0 Å². The number of nitro benzene ring substituents is 1. The number of rotatable bonds is 9. The normalized spacial score (nSPS) is 10.2. The molecule has 116 valence electrons. The van der Waals surface area contributed by atoms with Crippen molar-refractivity contribution in [2.75, 3.05) is 32.1 Å². The van der Waals surface area contributed by atoms with Gasteiger partial charge < -0.3 is 15.4 Å². The molecule has 1 amide bonds. The number of hydrogen-bond acceptors (Lipinski definition) is 5. The molecule has 0 fully saturated rings. The number of carbonyl (C=O) groups is 1. The molecule has 0 radical (unpaired) electrons. The monoisotopic (exact) mass is 295 g/mol. The van der Waals surface area contributed by atoms with Crippen LogP contribution >= 0.6 is 0 Å². The highest BCUT2D eigenvalue weighted by Gasteiger charge is 2.16. The van der Waals surface area contributed by atoms with E-state index in [-0.39, 0.29) is 17.2 Å². The van der Waals surface area contributed by atoms with Gasteiger partial charge in [0.05, 0.1) is 4.92 Å².